The van der Waals surface area contributed by atoms with E-state index < -0.39 is 0 Å². The predicted molar refractivity (Wildman–Crippen MR) is 136 cm³/mol. The predicted octanol–water partition coefficient (Wildman–Crippen LogP) is 3.92. The second-order valence-corrected chi connectivity index (χ2v) is 9.03. The molecule has 1 fully saturated rings. The van der Waals surface area contributed by atoms with Crippen molar-refractivity contribution in [2.75, 3.05) is 66.9 Å². The molecule has 2 N–H and O–H groups in total. The van der Waals surface area contributed by atoms with Gasteiger partial charge in [-0.1, -0.05) is 12.1 Å². The molecule has 1 saturated heterocycles. The number of methoxy groups -OCH3 is 2. The van der Waals surface area contributed by atoms with Crippen LogP contribution in [0.4, 0.5) is 0 Å². The minimum Gasteiger partial charge on any atom is -0.385 e. The van der Waals surface area contributed by atoms with Crippen molar-refractivity contribution in [3.63, 3.8) is 0 Å². The fourth-order valence-corrected chi connectivity index (χ4v) is 4.18. The highest BCUT2D eigenvalue weighted by Gasteiger charge is 2.17. The maximum Gasteiger partial charge on any atom is 0.251 e. The quantitative estimate of drug-likeness (QED) is 0.294. The Hall–Kier alpha value is -1.51. The van der Waals surface area contributed by atoms with E-state index in [2.05, 4.69) is 16.7 Å². The van der Waals surface area contributed by atoms with Gasteiger partial charge < -0.3 is 29.6 Å². The minimum atomic E-state index is -0.155. The smallest absolute Gasteiger partial charge is 0.251 e. The zero-order valence-corrected chi connectivity index (χ0v) is 21.3. The number of unbranched alkanes of at least 4 members (excludes halogenated alkanes) is 4. The summed E-state index contributed by atoms with van der Waals surface area (Å²) in [6.45, 7) is 5.93. The highest BCUT2D eigenvalue weighted by molar-refractivity contribution is 5.94. The van der Waals surface area contributed by atoms with Crippen LogP contribution in [0.1, 0.15) is 73.2 Å². The number of hydrogen-bond donors (Lipinski definition) is 2. The number of hydrogen-bond acceptors (Lipinski definition) is 6. The molecule has 1 unspecified atom stereocenters. The first kappa shape index (κ1) is 28.7. The minimum absolute atomic E-state index is 0.0518. The number of amides is 1. The fraction of sp³-hybridized carbons (Fsp3) is 0.741. The molecule has 194 valence electrons. The van der Waals surface area contributed by atoms with Crippen LogP contribution in [0.2, 0.25) is 0 Å². The van der Waals surface area contributed by atoms with E-state index >= 15 is 0 Å². The maximum atomic E-state index is 12.9. The Kier molecular flexibility index (Phi) is 15.9. The lowest BCUT2D eigenvalue weighted by Gasteiger charge is -2.23. The molecule has 0 aromatic heterocycles. The Morgan fingerprint density at radius 3 is 2.35 bits per heavy atom. The second-order valence-electron chi connectivity index (χ2n) is 9.03. The van der Waals surface area contributed by atoms with Gasteiger partial charge in [0.05, 0.1) is 12.7 Å². The van der Waals surface area contributed by atoms with E-state index in [0.29, 0.717) is 37.8 Å². The summed E-state index contributed by atoms with van der Waals surface area (Å²) in [7, 11) is 3.45. The van der Waals surface area contributed by atoms with E-state index in [4.69, 9.17) is 18.9 Å². The summed E-state index contributed by atoms with van der Waals surface area (Å²) >= 11 is 0. The van der Waals surface area contributed by atoms with Crippen molar-refractivity contribution < 1.29 is 23.7 Å². The van der Waals surface area contributed by atoms with Gasteiger partial charge in [0.15, 0.2) is 0 Å². The molecule has 1 aliphatic heterocycles. The zero-order valence-electron chi connectivity index (χ0n) is 21.3. The van der Waals surface area contributed by atoms with Gasteiger partial charge in [0.1, 0.15) is 0 Å². The number of nitrogens with one attached hydrogen (secondary N) is 2. The number of carbonyl (C=O) groups is 1. The van der Waals surface area contributed by atoms with Gasteiger partial charge in [-0.05, 0) is 88.1 Å². The van der Waals surface area contributed by atoms with E-state index in [1.54, 1.807) is 14.2 Å². The van der Waals surface area contributed by atoms with E-state index in [-0.39, 0.29) is 12.0 Å². The van der Waals surface area contributed by atoms with Crippen LogP contribution in [0.3, 0.4) is 0 Å². The van der Waals surface area contributed by atoms with Gasteiger partial charge in [0, 0.05) is 52.8 Å². The lowest BCUT2D eigenvalue weighted by molar-refractivity contribution is -0.0173. The van der Waals surface area contributed by atoms with E-state index in [1.807, 2.05) is 18.2 Å². The maximum absolute atomic E-state index is 12.9. The van der Waals surface area contributed by atoms with Crippen molar-refractivity contribution in [3.8, 4) is 0 Å². The summed E-state index contributed by atoms with van der Waals surface area (Å²) in [6.07, 6.45) is 8.30. The first-order valence-electron chi connectivity index (χ1n) is 13.0. The van der Waals surface area contributed by atoms with Crippen molar-refractivity contribution in [3.05, 3.63) is 35.4 Å². The van der Waals surface area contributed by atoms with Crippen molar-refractivity contribution in [1.29, 1.82) is 0 Å². The average molecular weight is 479 g/mol. The van der Waals surface area contributed by atoms with Gasteiger partial charge in [0.25, 0.3) is 5.91 Å². The molecule has 7 heteroatoms. The molecule has 0 radical (unpaired) electrons. The zero-order chi connectivity index (χ0) is 24.3. The summed E-state index contributed by atoms with van der Waals surface area (Å²) in [5.41, 5.74) is 1.98. The number of piperidine rings is 1. The third-order valence-electron chi connectivity index (χ3n) is 6.24. The van der Waals surface area contributed by atoms with Gasteiger partial charge in [-0.15, -0.1) is 0 Å². The molecule has 7 nitrogen and oxygen atoms in total. The van der Waals surface area contributed by atoms with Crippen LogP contribution < -0.4 is 10.6 Å². The molecular formula is C27H46N2O5. The summed E-state index contributed by atoms with van der Waals surface area (Å²) in [5, 5.41) is 6.47. The van der Waals surface area contributed by atoms with Gasteiger partial charge in [-0.2, -0.15) is 0 Å². The SMILES string of the molecule is COCCCCCOCC(CNC(=O)c1cccc(C2CCNCC2)c1)OCCCCCOC. The first-order valence-corrected chi connectivity index (χ1v) is 13.0. The van der Waals surface area contributed by atoms with Crippen LogP contribution in [0.15, 0.2) is 24.3 Å². The van der Waals surface area contributed by atoms with Crippen LogP contribution in [0.25, 0.3) is 0 Å². The van der Waals surface area contributed by atoms with Gasteiger partial charge in [0.2, 0.25) is 0 Å². The fourth-order valence-electron chi connectivity index (χ4n) is 4.18. The molecule has 0 aliphatic carbocycles. The number of ether oxygens (including phenoxy) is 4. The molecule has 1 heterocycles. The molecule has 1 amide bonds. The Balaban J connectivity index is 1.78. The van der Waals surface area contributed by atoms with Crippen molar-refractivity contribution in [2.24, 2.45) is 0 Å². The number of carbonyl (C=O) groups excluding carboxylic acids is 1. The van der Waals surface area contributed by atoms with Crippen molar-refractivity contribution >= 4 is 5.91 Å². The van der Waals surface area contributed by atoms with Crippen LogP contribution in [0.5, 0.6) is 0 Å². The molecule has 0 spiro atoms. The normalized spacial score (nSPS) is 15.4. The van der Waals surface area contributed by atoms with Gasteiger partial charge in [-0.3, -0.25) is 4.79 Å². The molecule has 1 aromatic carbocycles. The second kappa shape index (κ2) is 18.8. The Morgan fingerprint density at radius 2 is 1.65 bits per heavy atom. The van der Waals surface area contributed by atoms with Gasteiger partial charge in [-0.25, -0.2) is 0 Å². The first-order chi connectivity index (χ1) is 16.7. The lowest BCUT2D eigenvalue weighted by atomic mass is 9.89. The molecule has 1 atom stereocenters. The summed E-state index contributed by atoms with van der Waals surface area (Å²) in [5.74, 6) is 0.476. The monoisotopic (exact) mass is 478 g/mol. The number of benzene rings is 1. The standard InChI is InChI=1S/C27H46N2O5/c1-31-16-5-3-7-18-33-22-26(34-19-8-4-6-17-32-2)21-29-27(30)25-11-9-10-24(20-25)23-12-14-28-15-13-23/h9-11,20,23,26,28H,3-8,12-19,21-22H2,1-2H3,(H,29,30). The van der Waals surface area contributed by atoms with Crippen LogP contribution >= 0.6 is 0 Å². The molecule has 1 aliphatic rings. The Bertz CT molecular complexity index is 652. The summed E-state index contributed by atoms with van der Waals surface area (Å²) in [4.78, 5) is 12.9. The van der Waals surface area contributed by atoms with Crippen LogP contribution in [-0.4, -0.2) is 78.9 Å². The molecule has 0 saturated carbocycles. The van der Waals surface area contributed by atoms with Gasteiger partial charge >= 0.3 is 0 Å². The molecule has 34 heavy (non-hydrogen) atoms. The third-order valence-corrected chi connectivity index (χ3v) is 6.24. The molecule has 1 aromatic rings. The van der Waals surface area contributed by atoms with Crippen molar-refractivity contribution in [2.45, 2.75) is 63.4 Å². The summed E-state index contributed by atoms with van der Waals surface area (Å²) < 4.78 is 22.1. The Labute approximate surface area is 206 Å². The third kappa shape index (κ3) is 12.3. The topological polar surface area (TPSA) is 78.1 Å². The summed E-state index contributed by atoms with van der Waals surface area (Å²) in [6, 6.07) is 8.07. The molecular weight excluding hydrogens is 432 g/mol. The largest absolute Gasteiger partial charge is 0.385 e. The van der Waals surface area contributed by atoms with Crippen LogP contribution in [-0.2, 0) is 18.9 Å². The van der Waals surface area contributed by atoms with E-state index in [1.165, 1.54) is 5.56 Å². The Morgan fingerprint density at radius 1 is 0.971 bits per heavy atom. The number of rotatable bonds is 19. The van der Waals surface area contributed by atoms with Crippen molar-refractivity contribution in [1.82, 2.24) is 10.6 Å². The molecule has 2 rings (SSSR count). The van der Waals surface area contributed by atoms with E-state index in [0.717, 1.165) is 77.7 Å². The molecule has 0 bridgehead atoms. The highest BCUT2D eigenvalue weighted by atomic mass is 16.5. The average Bonchev–Trinajstić information content (AvgIpc) is 2.88. The lowest BCUT2D eigenvalue weighted by Crippen LogP contribution is -2.36. The van der Waals surface area contributed by atoms with Crippen LogP contribution in [0, 0.1) is 0 Å². The van der Waals surface area contributed by atoms with E-state index in [9.17, 15) is 4.79 Å². The highest BCUT2D eigenvalue weighted by Crippen LogP contribution is 2.25.